The average molecular weight is 338 g/mol. The van der Waals surface area contributed by atoms with Gasteiger partial charge in [0.25, 0.3) is 0 Å². The fraction of sp³-hybridized carbons (Fsp3) is 0.250. The molecule has 122 valence electrons. The molecule has 1 unspecified atom stereocenters. The number of benzene rings is 1. The quantitative estimate of drug-likeness (QED) is 0.723. The highest BCUT2D eigenvalue weighted by atomic mass is 35.5. The second-order valence-electron chi connectivity index (χ2n) is 6.27. The van der Waals surface area contributed by atoms with Crippen molar-refractivity contribution < 1.29 is 0 Å². The van der Waals surface area contributed by atoms with Crippen molar-refractivity contribution in [1.82, 2.24) is 14.9 Å². The number of hydrogen-bond donors (Lipinski definition) is 1. The molecule has 1 aromatic carbocycles. The molecule has 3 nitrogen and oxygen atoms in total. The van der Waals surface area contributed by atoms with Crippen LogP contribution in [0.15, 0.2) is 54.9 Å². The van der Waals surface area contributed by atoms with Crippen LogP contribution in [0.4, 0.5) is 0 Å². The van der Waals surface area contributed by atoms with Gasteiger partial charge in [0.15, 0.2) is 0 Å². The lowest BCUT2D eigenvalue weighted by Gasteiger charge is -2.32. The van der Waals surface area contributed by atoms with Crippen molar-refractivity contribution >= 4 is 28.2 Å². The Morgan fingerprint density at radius 1 is 1.21 bits per heavy atom. The van der Waals surface area contributed by atoms with Crippen LogP contribution >= 0.6 is 11.6 Å². The molecule has 3 heterocycles. The van der Waals surface area contributed by atoms with E-state index in [2.05, 4.69) is 52.3 Å². The molecule has 0 fully saturated rings. The molecular formula is C20H20ClN3. The van der Waals surface area contributed by atoms with Gasteiger partial charge in [-0.1, -0.05) is 35.9 Å². The smallest absolute Gasteiger partial charge is 0.137 e. The summed E-state index contributed by atoms with van der Waals surface area (Å²) in [5, 5.41) is 2.05. The number of hydrogen-bond acceptors (Lipinski definition) is 2. The van der Waals surface area contributed by atoms with Crippen LogP contribution < -0.4 is 0 Å². The molecule has 1 N–H and O–H groups in total. The maximum absolute atomic E-state index is 6.36. The van der Waals surface area contributed by atoms with E-state index in [1.54, 1.807) is 0 Å². The van der Waals surface area contributed by atoms with Crippen molar-refractivity contribution in [3.63, 3.8) is 0 Å². The molecule has 0 saturated carbocycles. The predicted molar refractivity (Wildman–Crippen MR) is 100 cm³/mol. The van der Waals surface area contributed by atoms with E-state index in [0.717, 1.165) is 30.2 Å². The zero-order valence-corrected chi connectivity index (χ0v) is 14.4. The van der Waals surface area contributed by atoms with E-state index >= 15 is 0 Å². The van der Waals surface area contributed by atoms with Crippen LogP contribution in [0, 0.1) is 0 Å². The molecule has 0 aliphatic carbocycles. The summed E-state index contributed by atoms with van der Waals surface area (Å²) in [6.45, 7) is 4.20. The number of pyridine rings is 1. The van der Waals surface area contributed by atoms with Gasteiger partial charge in [-0.15, -0.1) is 0 Å². The maximum atomic E-state index is 6.36. The first kappa shape index (κ1) is 15.4. The molecule has 0 amide bonds. The van der Waals surface area contributed by atoms with E-state index in [1.807, 2.05) is 24.4 Å². The molecular weight excluding hydrogens is 318 g/mol. The summed E-state index contributed by atoms with van der Waals surface area (Å²) in [4.78, 5) is 10.1. The maximum Gasteiger partial charge on any atom is 0.137 e. The molecule has 1 atom stereocenters. The molecule has 3 aromatic rings. The Labute approximate surface area is 147 Å². The monoisotopic (exact) mass is 337 g/mol. The number of nitrogens with one attached hydrogen (secondary N) is 1. The highest BCUT2D eigenvalue weighted by Gasteiger charge is 2.21. The largest absolute Gasteiger partial charge is 0.346 e. The van der Waals surface area contributed by atoms with Gasteiger partial charge in [0.05, 0.1) is 0 Å². The van der Waals surface area contributed by atoms with Gasteiger partial charge in [-0.05, 0) is 42.7 Å². The Morgan fingerprint density at radius 3 is 2.88 bits per heavy atom. The summed E-state index contributed by atoms with van der Waals surface area (Å²) < 4.78 is 0. The van der Waals surface area contributed by atoms with Crippen LogP contribution in [0.2, 0.25) is 5.02 Å². The van der Waals surface area contributed by atoms with Gasteiger partial charge in [-0.2, -0.15) is 0 Å². The molecule has 0 radical (unpaired) electrons. The second-order valence-corrected chi connectivity index (χ2v) is 6.68. The summed E-state index contributed by atoms with van der Waals surface area (Å²) in [7, 11) is 0. The molecule has 4 heteroatoms. The predicted octanol–water partition coefficient (Wildman–Crippen LogP) is 5.07. The van der Waals surface area contributed by atoms with Crippen molar-refractivity contribution in [2.45, 2.75) is 19.4 Å². The lowest BCUT2D eigenvalue weighted by molar-refractivity contribution is 0.233. The summed E-state index contributed by atoms with van der Waals surface area (Å²) in [5.74, 6) is 0. The highest BCUT2D eigenvalue weighted by Crippen LogP contribution is 2.33. The molecule has 0 bridgehead atoms. The number of rotatable bonds is 3. The Balaban J connectivity index is 1.56. The van der Waals surface area contributed by atoms with Gasteiger partial charge in [0.1, 0.15) is 5.65 Å². The summed E-state index contributed by atoms with van der Waals surface area (Å²) in [5.41, 5.74) is 4.84. The van der Waals surface area contributed by atoms with Gasteiger partial charge < -0.3 is 4.98 Å². The third-order valence-corrected chi connectivity index (χ3v) is 5.28. The van der Waals surface area contributed by atoms with Crippen LogP contribution in [-0.4, -0.2) is 28.0 Å². The van der Waals surface area contributed by atoms with Gasteiger partial charge in [-0.25, -0.2) is 4.98 Å². The minimum Gasteiger partial charge on any atom is -0.346 e. The van der Waals surface area contributed by atoms with Crippen molar-refractivity contribution in [2.24, 2.45) is 0 Å². The van der Waals surface area contributed by atoms with Crippen molar-refractivity contribution in [1.29, 1.82) is 0 Å². The molecule has 4 rings (SSSR count). The van der Waals surface area contributed by atoms with Gasteiger partial charge >= 0.3 is 0 Å². The van der Waals surface area contributed by atoms with E-state index in [4.69, 9.17) is 11.6 Å². The first-order chi connectivity index (χ1) is 11.7. The number of halogens is 1. The van der Waals surface area contributed by atoms with E-state index in [-0.39, 0.29) is 0 Å². The standard InChI is InChI=1S/C20H20ClN3/c1-14(16-5-2-3-7-19(16)21)24-11-8-15(9-12-24)18-13-23-20-17(18)6-4-10-22-20/h2-8,10,13-14H,9,11-12H2,1H3,(H,22,23). The zero-order valence-electron chi connectivity index (χ0n) is 13.7. The third kappa shape index (κ3) is 2.74. The molecule has 24 heavy (non-hydrogen) atoms. The lowest BCUT2D eigenvalue weighted by atomic mass is 9.97. The van der Waals surface area contributed by atoms with Gasteiger partial charge in [0.2, 0.25) is 0 Å². The van der Waals surface area contributed by atoms with E-state index in [9.17, 15) is 0 Å². The van der Waals surface area contributed by atoms with Crippen LogP contribution in [0.1, 0.15) is 30.5 Å². The first-order valence-corrected chi connectivity index (χ1v) is 8.72. The van der Waals surface area contributed by atoms with Crippen LogP contribution in [0.5, 0.6) is 0 Å². The van der Waals surface area contributed by atoms with Crippen molar-refractivity contribution in [3.8, 4) is 0 Å². The lowest BCUT2D eigenvalue weighted by Crippen LogP contribution is -2.31. The van der Waals surface area contributed by atoms with Crippen LogP contribution in [-0.2, 0) is 0 Å². The number of H-pyrrole nitrogens is 1. The normalized spacial score (nSPS) is 17.0. The third-order valence-electron chi connectivity index (χ3n) is 4.94. The first-order valence-electron chi connectivity index (χ1n) is 8.34. The molecule has 0 spiro atoms. The Kier molecular flexibility index (Phi) is 4.13. The highest BCUT2D eigenvalue weighted by molar-refractivity contribution is 6.31. The zero-order chi connectivity index (χ0) is 16.5. The number of aromatic amines is 1. The molecule has 0 saturated heterocycles. The average Bonchev–Trinajstić information content (AvgIpc) is 3.06. The summed E-state index contributed by atoms with van der Waals surface area (Å²) in [6, 6.07) is 12.6. The summed E-state index contributed by atoms with van der Waals surface area (Å²) >= 11 is 6.36. The van der Waals surface area contributed by atoms with Crippen molar-refractivity contribution in [3.05, 3.63) is 71.0 Å². The van der Waals surface area contributed by atoms with Crippen LogP contribution in [0.3, 0.4) is 0 Å². The molecule has 1 aliphatic rings. The van der Waals surface area contributed by atoms with E-state index in [1.165, 1.54) is 22.1 Å². The van der Waals surface area contributed by atoms with Gasteiger partial charge in [0, 0.05) is 47.5 Å². The Morgan fingerprint density at radius 2 is 2.08 bits per heavy atom. The topological polar surface area (TPSA) is 31.9 Å². The number of fused-ring (bicyclic) bond motifs is 1. The van der Waals surface area contributed by atoms with E-state index in [0.29, 0.717) is 6.04 Å². The minimum absolute atomic E-state index is 0.320. The van der Waals surface area contributed by atoms with Crippen molar-refractivity contribution in [2.75, 3.05) is 13.1 Å². The Hall–Kier alpha value is -2.10. The van der Waals surface area contributed by atoms with E-state index < -0.39 is 0 Å². The SMILES string of the molecule is CC(c1ccccc1Cl)N1CC=C(c2c[nH]c3ncccc23)CC1. The fourth-order valence-corrected chi connectivity index (χ4v) is 3.81. The minimum atomic E-state index is 0.320. The fourth-order valence-electron chi connectivity index (χ4n) is 3.51. The summed E-state index contributed by atoms with van der Waals surface area (Å²) in [6.07, 6.45) is 7.28. The second kappa shape index (κ2) is 6.42. The number of aromatic nitrogens is 2. The molecule has 1 aliphatic heterocycles. The molecule has 2 aromatic heterocycles. The van der Waals surface area contributed by atoms with Gasteiger partial charge in [-0.3, -0.25) is 4.90 Å². The number of nitrogens with zero attached hydrogens (tertiary/aromatic N) is 2. The van der Waals surface area contributed by atoms with Crippen LogP contribution in [0.25, 0.3) is 16.6 Å². The Bertz CT molecular complexity index is 897.